The Labute approximate surface area is 211 Å². The maximum Gasteiger partial charge on any atom is 0.293 e. The second kappa shape index (κ2) is 8.99. The minimum Gasteiger partial charge on any atom is -0.340 e. The largest absolute Gasteiger partial charge is 0.340 e. The number of aromatic amines is 1. The molecule has 0 radical (unpaired) electrons. The number of carbonyl (C=O) groups is 3. The maximum absolute atomic E-state index is 14.4. The zero-order valence-corrected chi connectivity index (χ0v) is 19.7. The molecule has 38 heavy (non-hydrogen) atoms. The lowest BCUT2D eigenvalue weighted by Gasteiger charge is -2.46. The molecule has 5 rings (SSSR count). The number of hydrogen-bond donors (Lipinski definition) is 3. The van der Waals surface area contributed by atoms with Crippen LogP contribution >= 0.6 is 0 Å². The number of amides is 2. The van der Waals surface area contributed by atoms with E-state index in [1.807, 2.05) is 0 Å². The van der Waals surface area contributed by atoms with Crippen LogP contribution in [0.3, 0.4) is 0 Å². The predicted octanol–water partition coefficient (Wildman–Crippen LogP) is 3.21. The van der Waals surface area contributed by atoms with Crippen LogP contribution in [0.15, 0.2) is 18.5 Å². The van der Waals surface area contributed by atoms with Gasteiger partial charge in [-0.2, -0.15) is 15.4 Å². The van der Waals surface area contributed by atoms with E-state index in [0.29, 0.717) is 25.1 Å². The lowest BCUT2D eigenvalue weighted by molar-refractivity contribution is -0.148. The molecule has 1 saturated carbocycles. The van der Waals surface area contributed by atoms with Gasteiger partial charge in [-0.05, 0) is 31.4 Å². The van der Waals surface area contributed by atoms with E-state index in [1.165, 1.54) is 17.7 Å². The van der Waals surface area contributed by atoms with Crippen LogP contribution in [-0.4, -0.2) is 48.5 Å². The zero-order valence-electron chi connectivity index (χ0n) is 19.7. The molecule has 0 aromatic carbocycles. The second-order valence-electron chi connectivity index (χ2n) is 9.29. The molecule has 4 heterocycles. The number of H-pyrrole nitrogens is 1. The molecule has 1 aliphatic carbocycles. The third-order valence-corrected chi connectivity index (χ3v) is 6.81. The highest BCUT2D eigenvalue weighted by Gasteiger charge is 2.60. The van der Waals surface area contributed by atoms with Gasteiger partial charge in [0.05, 0.1) is 23.0 Å². The lowest BCUT2D eigenvalue weighted by Crippen LogP contribution is -2.61. The van der Waals surface area contributed by atoms with Crippen molar-refractivity contribution in [2.75, 3.05) is 5.32 Å². The van der Waals surface area contributed by atoms with Crippen molar-refractivity contribution < 1.29 is 36.3 Å². The first-order chi connectivity index (χ1) is 17.9. The Bertz CT molecular complexity index is 1440. The van der Waals surface area contributed by atoms with Crippen LogP contribution in [0, 0.1) is 12.7 Å². The van der Waals surface area contributed by atoms with Crippen molar-refractivity contribution in [1.29, 1.82) is 0 Å². The van der Waals surface area contributed by atoms with Crippen molar-refractivity contribution in [3.8, 4) is 0 Å². The molecule has 0 atom stereocenters. The molecular weight excluding hydrogens is 517 g/mol. The van der Waals surface area contributed by atoms with Gasteiger partial charge in [-0.1, -0.05) is 0 Å². The molecule has 2 aliphatic rings. The quantitative estimate of drug-likeness (QED) is 0.241. The van der Waals surface area contributed by atoms with E-state index in [2.05, 4.69) is 31.0 Å². The van der Waals surface area contributed by atoms with Crippen molar-refractivity contribution in [2.24, 2.45) is 0 Å². The first-order valence-corrected chi connectivity index (χ1v) is 11.5. The normalized spacial score (nSPS) is 17.1. The van der Waals surface area contributed by atoms with Crippen LogP contribution in [0.2, 0.25) is 0 Å². The van der Waals surface area contributed by atoms with E-state index in [-0.39, 0.29) is 22.5 Å². The van der Waals surface area contributed by atoms with E-state index in [9.17, 15) is 36.3 Å². The number of anilines is 1. The Morgan fingerprint density at radius 1 is 1.21 bits per heavy atom. The first kappa shape index (κ1) is 25.5. The van der Waals surface area contributed by atoms with Gasteiger partial charge < -0.3 is 15.2 Å². The Kier molecular flexibility index (Phi) is 6.03. The fraction of sp³-hybridized carbons (Fsp3) is 0.391. The summed E-state index contributed by atoms with van der Waals surface area (Å²) < 4.78 is 69.6. The number of fused-ring (bicyclic) bond motifs is 1. The molecule has 1 aliphatic heterocycles. The average Bonchev–Trinajstić information content (AvgIpc) is 3.56. The second-order valence-corrected chi connectivity index (χ2v) is 9.29. The molecule has 200 valence electrons. The fourth-order valence-electron chi connectivity index (χ4n) is 5.19. The number of pyridine rings is 1. The van der Waals surface area contributed by atoms with Gasteiger partial charge in [-0.15, -0.1) is 0 Å². The van der Waals surface area contributed by atoms with Crippen molar-refractivity contribution >= 4 is 23.3 Å². The maximum atomic E-state index is 14.4. The van der Waals surface area contributed by atoms with Crippen LogP contribution in [0.4, 0.5) is 27.6 Å². The number of Topliss-reactive ketones (excluding diaryl/α,β-unsaturated/α-hetero) is 1. The summed E-state index contributed by atoms with van der Waals surface area (Å²) in [4.78, 5) is 42.7. The minimum atomic E-state index is -3.20. The Balaban J connectivity index is 1.44. The molecule has 2 amide bonds. The Morgan fingerprint density at radius 3 is 2.58 bits per heavy atom. The smallest absolute Gasteiger partial charge is 0.293 e. The van der Waals surface area contributed by atoms with E-state index in [0.717, 1.165) is 12.3 Å². The van der Waals surface area contributed by atoms with Gasteiger partial charge in [0.25, 0.3) is 29.9 Å². The molecule has 0 saturated heterocycles. The summed E-state index contributed by atoms with van der Waals surface area (Å²) in [6, 6.07) is 1.01. The number of nitrogens with zero attached hydrogens (tertiary/aromatic N) is 4. The van der Waals surface area contributed by atoms with Crippen LogP contribution in [0.5, 0.6) is 0 Å². The standard InChI is InChI=1S/C23H20F5N7O3/c1-10-14(18(36)21(38)32-22(8-23(27,28)9-22)13-7-30-34-33-13)12-3-2-6-35(12)17(10)20(37)31-11-4-5-29-16(15(11)24)19(25)26/h4-5,7,19H,2-3,6,8-9H2,1H3,(H,32,38)(H,29,31,37)(H,30,33,34). The lowest BCUT2D eigenvalue weighted by atomic mass is 9.71. The molecule has 0 spiro atoms. The van der Waals surface area contributed by atoms with Crippen molar-refractivity contribution in [1.82, 2.24) is 30.3 Å². The molecule has 1 fully saturated rings. The highest BCUT2D eigenvalue weighted by Crippen LogP contribution is 2.51. The Hall–Kier alpha value is -4.17. The number of nitrogens with one attached hydrogen (secondary N) is 3. The topological polar surface area (TPSA) is 135 Å². The molecule has 10 nitrogen and oxygen atoms in total. The number of aromatic nitrogens is 5. The van der Waals surface area contributed by atoms with Crippen molar-refractivity contribution in [3.63, 3.8) is 0 Å². The van der Waals surface area contributed by atoms with Gasteiger partial charge >= 0.3 is 0 Å². The van der Waals surface area contributed by atoms with Gasteiger partial charge in [0, 0.05) is 31.3 Å². The minimum absolute atomic E-state index is 0.0472. The summed E-state index contributed by atoms with van der Waals surface area (Å²) in [5, 5.41) is 14.3. The predicted molar refractivity (Wildman–Crippen MR) is 119 cm³/mol. The summed E-state index contributed by atoms with van der Waals surface area (Å²) in [5.41, 5.74) is -2.84. The number of halogens is 5. The third kappa shape index (κ3) is 4.11. The zero-order chi connectivity index (χ0) is 27.4. The van der Waals surface area contributed by atoms with Gasteiger partial charge in [0.15, 0.2) is 5.82 Å². The molecule has 3 aromatic rings. The SMILES string of the molecule is Cc1c(C(=O)C(=O)NC2(c3cn[nH]n3)CC(F)(F)C2)c2n(c1C(=O)Nc1ccnc(C(F)F)c1F)CCC2. The Morgan fingerprint density at radius 2 is 1.95 bits per heavy atom. The summed E-state index contributed by atoms with van der Waals surface area (Å²) in [7, 11) is 0. The monoisotopic (exact) mass is 537 g/mol. The molecule has 0 bridgehead atoms. The van der Waals surface area contributed by atoms with Gasteiger partial charge in [0.2, 0.25) is 0 Å². The fourth-order valence-corrected chi connectivity index (χ4v) is 5.19. The molecule has 3 aromatic heterocycles. The first-order valence-electron chi connectivity index (χ1n) is 11.5. The average molecular weight is 537 g/mol. The molecular formula is C23H20F5N7O3. The van der Waals surface area contributed by atoms with Gasteiger partial charge in [-0.3, -0.25) is 19.4 Å². The van der Waals surface area contributed by atoms with Crippen LogP contribution in [0.25, 0.3) is 0 Å². The highest BCUT2D eigenvalue weighted by molar-refractivity contribution is 6.44. The molecule has 15 heteroatoms. The van der Waals surface area contributed by atoms with Crippen LogP contribution in [0.1, 0.15) is 69.2 Å². The van der Waals surface area contributed by atoms with E-state index in [4.69, 9.17) is 0 Å². The number of hydrogen-bond acceptors (Lipinski definition) is 6. The van der Waals surface area contributed by atoms with Gasteiger partial charge in [-0.25, -0.2) is 22.0 Å². The molecule has 3 N–H and O–H groups in total. The third-order valence-electron chi connectivity index (χ3n) is 6.81. The van der Waals surface area contributed by atoms with Crippen LogP contribution < -0.4 is 10.6 Å². The van der Waals surface area contributed by atoms with E-state index < -0.39 is 65.5 Å². The summed E-state index contributed by atoms with van der Waals surface area (Å²) in [5.74, 6) is -7.55. The van der Waals surface area contributed by atoms with E-state index >= 15 is 0 Å². The molecule has 0 unspecified atom stereocenters. The number of ketones is 1. The van der Waals surface area contributed by atoms with E-state index in [1.54, 1.807) is 0 Å². The number of carbonyl (C=O) groups excluding carboxylic acids is 3. The number of alkyl halides is 4. The number of rotatable bonds is 7. The summed E-state index contributed by atoms with van der Waals surface area (Å²) in [6.45, 7) is 1.73. The van der Waals surface area contributed by atoms with Crippen molar-refractivity contribution in [2.45, 2.75) is 57.0 Å². The summed E-state index contributed by atoms with van der Waals surface area (Å²) in [6.07, 6.45) is -1.77. The van der Waals surface area contributed by atoms with Crippen molar-refractivity contribution in [3.05, 3.63) is 58.2 Å². The van der Waals surface area contributed by atoms with Crippen LogP contribution in [-0.2, 0) is 23.3 Å². The summed E-state index contributed by atoms with van der Waals surface area (Å²) >= 11 is 0. The van der Waals surface area contributed by atoms with Gasteiger partial charge in [0.1, 0.15) is 17.1 Å². The highest BCUT2D eigenvalue weighted by atomic mass is 19.3.